The summed E-state index contributed by atoms with van der Waals surface area (Å²) < 4.78 is 47.5. The van der Waals surface area contributed by atoms with Crippen molar-refractivity contribution in [2.24, 2.45) is 0 Å². The molecule has 1 aromatic carbocycles. The van der Waals surface area contributed by atoms with Crippen molar-refractivity contribution in [3.63, 3.8) is 0 Å². The number of amides is 1. The summed E-state index contributed by atoms with van der Waals surface area (Å²) in [5.41, 5.74) is -0.592. The van der Waals surface area contributed by atoms with Crippen LogP contribution in [-0.4, -0.2) is 48.8 Å². The van der Waals surface area contributed by atoms with Gasteiger partial charge in [-0.25, -0.2) is 9.59 Å². The molecule has 0 saturated carbocycles. The lowest BCUT2D eigenvalue weighted by atomic mass is 10.1. The fraction of sp³-hybridized carbons (Fsp3) is 0.316. The van der Waals surface area contributed by atoms with E-state index in [0.717, 1.165) is 18.2 Å². The monoisotopic (exact) mass is 429 g/mol. The third-order valence-electron chi connectivity index (χ3n) is 3.75. The zero-order valence-corrected chi connectivity index (χ0v) is 16.2. The number of ether oxygens (including phenoxy) is 2. The van der Waals surface area contributed by atoms with Crippen LogP contribution in [0.25, 0.3) is 6.08 Å². The van der Waals surface area contributed by atoms with Gasteiger partial charge in [0.25, 0.3) is 0 Å². The van der Waals surface area contributed by atoms with Crippen LogP contribution in [0.2, 0.25) is 0 Å². The van der Waals surface area contributed by atoms with Crippen molar-refractivity contribution in [3.8, 4) is 0 Å². The van der Waals surface area contributed by atoms with Gasteiger partial charge in [0.1, 0.15) is 0 Å². The summed E-state index contributed by atoms with van der Waals surface area (Å²) in [6, 6.07) is 4.55. The third kappa shape index (κ3) is 6.97. The van der Waals surface area contributed by atoms with E-state index in [2.05, 4.69) is 4.74 Å². The lowest BCUT2D eigenvalue weighted by Crippen LogP contribution is -2.27. The minimum Gasteiger partial charge on any atom is -0.466 e. The Balaban J connectivity index is 1.81. The van der Waals surface area contributed by atoms with Crippen LogP contribution in [-0.2, 0) is 30.0 Å². The molecule has 10 heteroatoms. The number of halogens is 3. The van der Waals surface area contributed by atoms with Gasteiger partial charge < -0.3 is 14.4 Å². The minimum atomic E-state index is -4.46. The number of benzene rings is 1. The highest BCUT2D eigenvalue weighted by molar-refractivity contribution is 8.04. The molecule has 1 aromatic rings. The Hall–Kier alpha value is -2.75. The summed E-state index contributed by atoms with van der Waals surface area (Å²) in [6.45, 7) is 0.255. The molecule has 1 fully saturated rings. The van der Waals surface area contributed by atoms with Crippen LogP contribution >= 0.6 is 11.8 Å². The number of rotatable bonds is 7. The minimum absolute atomic E-state index is 0.00567. The molecular formula is C19H18F3NO5S. The summed E-state index contributed by atoms with van der Waals surface area (Å²) in [4.78, 5) is 36.3. The molecule has 156 valence electrons. The molecule has 0 N–H and O–H groups in total. The summed E-state index contributed by atoms with van der Waals surface area (Å²) >= 11 is 1.21. The molecule has 0 unspecified atom stereocenters. The van der Waals surface area contributed by atoms with Crippen LogP contribution in [0.4, 0.5) is 13.2 Å². The van der Waals surface area contributed by atoms with Crippen LogP contribution < -0.4 is 0 Å². The Morgan fingerprint density at radius 3 is 2.72 bits per heavy atom. The van der Waals surface area contributed by atoms with Gasteiger partial charge in [-0.05, 0) is 30.2 Å². The average molecular weight is 429 g/mol. The van der Waals surface area contributed by atoms with Crippen LogP contribution in [0.15, 0.2) is 41.4 Å². The summed E-state index contributed by atoms with van der Waals surface area (Å²) in [5, 5.41) is 0.470. The lowest BCUT2D eigenvalue weighted by Gasteiger charge is -2.16. The molecule has 1 amide bonds. The number of nitrogens with zero attached hydrogens (tertiary/aromatic N) is 1. The van der Waals surface area contributed by atoms with E-state index in [9.17, 15) is 27.6 Å². The molecule has 1 aliphatic heterocycles. The zero-order chi connectivity index (χ0) is 21.4. The van der Waals surface area contributed by atoms with Crippen molar-refractivity contribution in [1.82, 2.24) is 4.90 Å². The van der Waals surface area contributed by atoms with Gasteiger partial charge in [-0.2, -0.15) is 13.2 Å². The largest absolute Gasteiger partial charge is 0.466 e. The van der Waals surface area contributed by atoms with Crippen LogP contribution in [0.1, 0.15) is 17.5 Å². The normalized spacial score (nSPS) is 15.9. The average Bonchev–Trinajstić information content (AvgIpc) is 3.02. The molecule has 6 nitrogen and oxygen atoms in total. The number of carbonyl (C=O) groups is 3. The molecule has 0 aromatic heterocycles. The second-order valence-electron chi connectivity index (χ2n) is 5.82. The quantitative estimate of drug-likeness (QED) is 0.377. The first-order chi connectivity index (χ1) is 13.7. The molecule has 0 bridgehead atoms. The Bertz CT molecular complexity index is 835. The first-order valence-electron chi connectivity index (χ1n) is 8.45. The number of carbonyl (C=O) groups excluding carboxylic acids is 3. The van der Waals surface area contributed by atoms with Crippen LogP contribution in [0.3, 0.4) is 0 Å². The van der Waals surface area contributed by atoms with E-state index in [-0.39, 0.29) is 30.4 Å². The first kappa shape index (κ1) is 22.5. The van der Waals surface area contributed by atoms with Crippen molar-refractivity contribution in [2.75, 3.05) is 26.0 Å². The number of alkyl halides is 3. The summed E-state index contributed by atoms with van der Waals surface area (Å²) in [6.07, 6.45) is -0.644. The standard InChI is InChI=1S/C19H18F3NO5S/c1-27-18(26)11-16-23(15(24)12-29-16)8-3-9-28-17(25)7-6-13-4-2-5-14(10-13)19(20,21)22/h2,4-7,10-11H,3,8-9,12H2,1H3/b7-6+,16-11+. The Kier molecular flexibility index (Phi) is 7.89. The van der Waals surface area contributed by atoms with Gasteiger partial charge in [-0.15, -0.1) is 0 Å². The highest BCUT2D eigenvalue weighted by Crippen LogP contribution is 2.30. The fourth-order valence-electron chi connectivity index (χ4n) is 2.36. The van der Waals surface area contributed by atoms with Crippen LogP contribution in [0, 0.1) is 0 Å². The molecule has 1 aliphatic rings. The maximum absolute atomic E-state index is 12.7. The van der Waals surface area contributed by atoms with Gasteiger partial charge >= 0.3 is 18.1 Å². The van der Waals surface area contributed by atoms with Gasteiger partial charge in [0.15, 0.2) is 0 Å². The number of hydrogen-bond acceptors (Lipinski definition) is 6. The second kappa shape index (κ2) is 10.1. The van der Waals surface area contributed by atoms with Gasteiger partial charge in [-0.1, -0.05) is 23.9 Å². The molecule has 0 aliphatic carbocycles. The van der Waals surface area contributed by atoms with E-state index in [1.807, 2.05) is 0 Å². The Morgan fingerprint density at radius 2 is 2.03 bits per heavy atom. The Labute approximate surface area is 169 Å². The van der Waals surface area contributed by atoms with Crippen LogP contribution in [0.5, 0.6) is 0 Å². The molecule has 0 atom stereocenters. The van der Waals surface area contributed by atoms with E-state index < -0.39 is 23.7 Å². The number of thioether (sulfide) groups is 1. The van der Waals surface area contributed by atoms with E-state index in [0.29, 0.717) is 11.4 Å². The second-order valence-corrected chi connectivity index (χ2v) is 6.81. The molecule has 1 heterocycles. The van der Waals surface area contributed by atoms with Crippen molar-refractivity contribution in [1.29, 1.82) is 0 Å². The predicted octanol–water partition coefficient (Wildman–Crippen LogP) is 3.24. The predicted molar refractivity (Wildman–Crippen MR) is 100 cm³/mol. The Morgan fingerprint density at radius 1 is 1.28 bits per heavy atom. The molecule has 0 radical (unpaired) electrons. The zero-order valence-electron chi connectivity index (χ0n) is 15.4. The number of esters is 2. The molecule has 2 rings (SSSR count). The smallest absolute Gasteiger partial charge is 0.416 e. The maximum Gasteiger partial charge on any atom is 0.416 e. The van der Waals surface area contributed by atoms with E-state index in [1.54, 1.807) is 0 Å². The highest BCUT2D eigenvalue weighted by atomic mass is 32.2. The van der Waals surface area contributed by atoms with Gasteiger partial charge in [0.05, 0.1) is 36.1 Å². The highest BCUT2D eigenvalue weighted by Gasteiger charge is 2.30. The summed E-state index contributed by atoms with van der Waals surface area (Å²) in [5.74, 6) is -1.24. The number of hydrogen-bond donors (Lipinski definition) is 0. The molecular weight excluding hydrogens is 411 g/mol. The third-order valence-corrected chi connectivity index (χ3v) is 4.77. The SMILES string of the molecule is COC(=O)/C=C1/SCC(=O)N1CCCOC(=O)/C=C/c1cccc(C(F)(F)F)c1. The van der Waals surface area contributed by atoms with Gasteiger partial charge in [0, 0.05) is 12.6 Å². The fourth-order valence-corrected chi connectivity index (χ4v) is 3.31. The van der Waals surface area contributed by atoms with Gasteiger partial charge in [0.2, 0.25) is 5.91 Å². The molecule has 0 spiro atoms. The summed E-state index contributed by atoms with van der Waals surface area (Å²) in [7, 11) is 1.23. The van der Waals surface area contributed by atoms with E-state index >= 15 is 0 Å². The molecule has 1 saturated heterocycles. The lowest BCUT2D eigenvalue weighted by molar-refractivity contribution is -0.138. The van der Waals surface area contributed by atoms with E-state index in [1.165, 1.54) is 48.1 Å². The van der Waals surface area contributed by atoms with Crippen molar-refractivity contribution < 1.29 is 37.0 Å². The van der Waals surface area contributed by atoms with Crippen molar-refractivity contribution in [3.05, 3.63) is 52.6 Å². The molecule has 29 heavy (non-hydrogen) atoms. The van der Waals surface area contributed by atoms with Crippen molar-refractivity contribution in [2.45, 2.75) is 12.6 Å². The number of methoxy groups -OCH3 is 1. The first-order valence-corrected chi connectivity index (χ1v) is 9.44. The topological polar surface area (TPSA) is 72.9 Å². The van der Waals surface area contributed by atoms with Crippen molar-refractivity contribution >= 4 is 35.7 Å². The van der Waals surface area contributed by atoms with Gasteiger partial charge in [-0.3, -0.25) is 4.79 Å². The van der Waals surface area contributed by atoms with E-state index in [4.69, 9.17) is 4.74 Å². The maximum atomic E-state index is 12.7.